The van der Waals surface area contributed by atoms with Crippen LogP contribution in [0, 0.1) is 0 Å². The number of aromatic nitrogens is 1. The van der Waals surface area contributed by atoms with E-state index in [2.05, 4.69) is 216 Å². The minimum Gasteiger partial charge on any atom is -0.310 e. The lowest BCUT2D eigenvalue weighted by molar-refractivity contribution is 1.19. The quantitative estimate of drug-likeness (QED) is 0.172. The van der Waals surface area contributed by atoms with Crippen LogP contribution in [0.15, 0.2) is 206 Å². The number of fused-ring (bicyclic) bond motifs is 6. The molecule has 0 unspecified atom stereocenters. The fourth-order valence-corrected chi connectivity index (χ4v) is 7.95. The van der Waals surface area contributed by atoms with Crippen molar-refractivity contribution >= 4 is 60.4 Å². The van der Waals surface area contributed by atoms with Gasteiger partial charge in [0, 0.05) is 32.9 Å². The summed E-state index contributed by atoms with van der Waals surface area (Å²) in [6.45, 7) is 0. The predicted molar refractivity (Wildman–Crippen MR) is 221 cm³/mol. The Bertz CT molecular complexity index is 2780. The highest BCUT2D eigenvalue weighted by Crippen LogP contribution is 2.46. The summed E-state index contributed by atoms with van der Waals surface area (Å²) in [4.78, 5) is 2.43. The largest absolute Gasteiger partial charge is 0.310 e. The van der Waals surface area contributed by atoms with E-state index in [1.54, 1.807) is 0 Å². The fourth-order valence-electron chi connectivity index (χ4n) is 7.95. The molecule has 10 rings (SSSR count). The van der Waals surface area contributed by atoms with E-state index in [1.165, 1.54) is 71.3 Å². The fraction of sp³-hybridized carbons (Fsp3) is 0. The van der Waals surface area contributed by atoms with E-state index in [-0.39, 0.29) is 0 Å². The molecule has 0 bridgehead atoms. The minimum absolute atomic E-state index is 1.10. The van der Waals surface area contributed by atoms with Gasteiger partial charge >= 0.3 is 0 Å². The van der Waals surface area contributed by atoms with Crippen LogP contribution >= 0.6 is 0 Å². The third-order valence-corrected chi connectivity index (χ3v) is 10.4. The van der Waals surface area contributed by atoms with E-state index in [0.717, 1.165) is 17.1 Å². The van der Waals surface area contributed by atoms with Crippen LogP contribution < -0.4 is 4.90 Å². The maximum atomic E-state index is 2.47. The normalized spacial score (nSPS) is 11.5. The Labute approximate surface area is 303 Å². The highest BCUT2D eigenvalue weighted by atomic mass is 15.1. The van der Waals surface area contributed by atoms with Crippen molar-refractivity contribution < 1.29 is 0 Å². The Morgan fingerprint density at radius 2 is 0.808 bits per heavy atom. The Kier molecular flexibility index (Phi) is 7.18. The number of nitrogens with zero attached hydrogens (tertiary/aromatic N) is 2. The summed E-state index contributed by atoms with van der Waals surface area (Å²) in [6, 6.07) is 74.7. The van der Waals surface area contributed by atoms with Crippen LogP contribution in [0.1, 0.15) is 0 Å². The van der Waals surface area contributed by atoms with Crippen LogP contribution in [0.25, 0.3) is 71.3 Å². The highest BCUT2D eigenvalue weighted by Gasteiger charge is 2.22. The summed E-state index contributed by atoms with van der Waals surface area (Å²) in [5.74, 6) is 0. The molecule has 2 nitrogen and oxygen atoms in total. The van der Waals surface area contributed by atoms with E-state index in [4.69, 9.17) is 0 Å². The summed E-state index contributed by atoms with van der Waals surface area (Å²) < 4.78 is 2.47. The second-order valence-electron chi connectivity index (χ2n) is 13.3. The molecule has 52 heavy (non-hydrogen) atoms. The van der Waals surface area contributed by atoms with Gasteiger partial charge in [0.2, 0.25) is 0 Å². The standard InChI is InChI=1S/C50H34N2/c1-3-14-35(15-4-1)37-26-30-40(31-27-37)51(41-32-28-38(29-33-41)36-16-5-2-6-17-36)48-34-49-50(44-22-10-9-21-43(44)48)45-23-11-12-24-47(45)52(49)46-25-13-19-39-18-7-8-20-42(39)46/h1-34H. The minimum atomic E-state index is 1.10. The summed E-state index contributed by atoms with van der Waals surface area (Å²) in [5.41, 5.74) is 11.7. The first kappa shape index (κ1) is 30.0. The first-order chi connectivity index (χ1) is 25.8. The van der Waals surface area contributed by atoms with Gasteiger partial charge in [-0.1, -0.05) is 164 Å². The predicted octanol–water partition coefficient (Wildman–Crippen LogP) is 13.9. The summed E-state index contributed by atoms with van der Waals surface area (Å²) >= 11 is 0. The molecule has 2 heteroatoms. The molecule has 1 heterocycles. The smallest absolute Gasteiger partial charge is 0.0568 e. The molecule has 0 N–H and O–H groups in total. The molecule has 1 aromatic heterocycles. The second-order valence-corrected chi connectivity index (χ2v) is 13.3. The summed E-state index contributed by atoms with van der Waals surface area (Å²) in [6.07, 6.45) is 0. The Morgan fingerprint density at radius 3 is 1.44 bits per heavy atom. The van der Waals surface area contributed by atoms with Crippen molar-refractivity contribution in [2.45, 2.75) is 0 Å². The first-order valence-corrected chi connectivity index (χ1v) is 17.9. The van der Waals surface area contributed by atoms with E-state index < -0.39 is 0 Å². The lowest BCUT2D eigenvalue weighted by Crippen LogP contribution is -2.11. The van der Waals surface area contributed by atoms with Gasteiger partial charge in [0.05, 0.1) is 22.4 Å². The zero-order valence-corrected chi connectivity index (χ0v) is 28.5. The number of anilines is 3. The number of hydrogen-bond acceptors (Lipinski definition) is 1. The number of hydrogen-bond donors (Lipinski definition) is 0. The van der Waals surface area contributed by atoms with Crippen molar-refractivity contribution in [3.8, 4) is 27.9 Å². The maximum absolute atomic E-state index is 2.47. The van der Waals surface area contributed by atoms with Crippen LogP contribution in [0.2, 0.25) is 0 Å². The van der Waals surface area contributed by atoms with Crippen LogP contribution in [-0.4, -0.2) is 4.57 Å². The molecular weight excluding hydrogens is 629 g/mol. The van der Waals surface area contributed by atoms with Crippen LogP contribution in [0.4, 0.5) is 17.1 Å². The van der Waals surface area contributed by atoms with Gasteiger partial charge in [0.25, 0.3) is 0 Å². The molecule has 0 radical (unpaired) electrons. The molecule has 0 aliphatic heterocycles. The molecule has 10 aromatic rings. The number of rotatable bonds is 6. The van der Waals surface area contributed by atoms with Gasteiger partial charge in [-0.05, 0) is 75.5 Å². The number of benzene rings is 9. The molecule has 0 saturated carbocycles. The van der Waals surface area contributed by atoms with Crippen LogP contribution in [0.3, 0.4) is 0 Å². The Hall–Kier alpha value is -6.90. The van der Waals surface area contributed by atoms with Gasteiger partial charge in [0.1, 0.15) is 0 Å². The van der Waals surface area contributed by atoms with Crippen molar-refractivity contribution in [1.29, 1.82) is 0 Å². The topological polar surface area (TPSA) is 8.17 Å². The van der Waals surface area contributed by atoms with Gasteiger partial charge < -0.3 is 9.47 Å². The first-order valence-electron chi connectivity index (χ1n) is 17.9. The molecule has 244 valence electrons. The lowest BCUT2D eigenvalue weighted by atomic mass is 9.99. The van der Waals surface area contributed by atoms with Crippen molar-refractivity contribution in [3.63, 3.8) is 0 Å². The SMILES string of the molecule is c1ccc(-c2ccc(N(c3ccc(-c4ccccc4)cc3)c3cc4c(c5ccccc35)c3ccccc3n4-c3cccc4ccccc34)cc2)cc1. The molecule has 0 atom stereocenters. The van der Waals surface area contributed by atoms with Crippen LogP contribution in [-0.2, 0) is 0 Å². The van der Waals surface area contributed by atoms with E-state index in [1.807, 2.05) is 0 Å². The number of para-hydroxylation sites is 1. The monoisotopic (exact) mass is 662 g/mol. The van der Waals surface area contributed by atoms with Crippen molar-refractivity contribution in [3.05, 3.63) is 206 Å². The highest BCUT2D eigenvalue weighted by molar-refractivity contribution is 6.25. The van der Waals surface area contributed by atoms with Gasteiger partial charge in [-0.25, -0.2) is 0 Å². The maximum Gasteiger partial charge on any atom is 0.0568 e. The molecule has 0 fully saturated rings. The zero-order chi connectivity index (χ0) is 34.4. The molecule has 0 saturated heterocycles. The van der Waals surface area contributed by atoms with Crippen molar-refractivity contribution in [2.24, 2.45) is 0 Å². The van der Waals surface area contributed by atoms with Crippen molar-refractivity contribution in [2.75, 3.05) is 4.90 Å². The Balaban J connectivity index is 1.26. The van der Waals surface area contributed by atoms with Gasteiger partial charge in [-0.2, -0.15) is 0 Å². The molecular formula is C50H34N2. The van der Waals surface area contributed by atoms with E-state index in [0.29, 0.717) is 0 Å². The third kappa shape index (κ3) is 4.96. The van der Waals surface area contributed by atoms with Gasteiger partial charge in [0.15, 0.2) is 0 Å². The van der Waals surface area contributed by atoms with Gasteiger partial charge in [-0.3, -0.25) is 0 Å². The average molecular weight is 663 g/mol. The lowest BCUT2D eigenvalue weighted by Gasteiger charge is -2.28. The van der Waals surface area contributed by atoms with Crippen molar-refractivity contribution in [1.82, 2.24) is 4.57 Å². The van der Waals surface area contributed by atoms with Gasteiger partial charge in [-0.15, -0.1) is 0 Å². The molecule has 0 spiro atoms. The summed E-state index contributed by atoms with van der Waals surface area (Å²) in [7, 11) is 0. The zero-order valence-electron chi connectivity index (χ0n) is 28.5. The van der Waals surface area contributed by atoms with E-state index in [9.17, 15) is 0 Å². The van der Waals surface area contributed by atoms with E-state index >= 15 is 0 Å². The average Bonchev–Trinajstić information content (AvgIpc) is 3.56. The third-order valence-electron chi connectivity index (χ3n) is 10.4. The second kappa shape index (κ2) is 12.5. The summed E-state index contributed by atoms with van der Waals surface area (Å²) in [5, 5.41) is 7.41. The molecule has 0 aliphatic carbocycles. The molecule has 0 aliphatic rings. The van der Waals surface area contributed by atoms with Crippen LogP contribution in [0.5, 0.6) is 0 Å². The molecule has 0 amide bonds. The molecule has 9 aromatic carbocycles. The Morgan fingerprint density at radius 1 is 0.327 bits per heavy atom.